The lowest BCUT2D eigenvalue weighted by molar-refractivity contribution is 0.211. The zero-order valence-corrected chi connectivity index (χ0v) is 12.5. The third-order valence-electron chi connectivity index (χ3n) is 2.95. The van der Waals surface area contributed by atoms with Crippen LogP contribution in [0.5, 0.6) is 0 Å². The van der Waals surface area contributed by atoms with Gasteiger partial charge in [0.1, 0.15) is 0 Å². The summed E-state index contributed by atoms with van der Waals surface area (Å²) in [5.41, 5.74) is 2.59. The summed E-state index contributed by atoms with van der Waals surface area (Å²) in [6, 6.07) is 8.72. The number of aromatic nitrogens is 1. The fourth-order valence-corrected chi connectivity index (χ4v) is 2.63. The Morgan fingerprint density at radius 3 is 2.63 bits per heavy atom. The topological polar surface area (TPSA) is 34.1 Å². The molecule has 0 bridgehead atoms. The van der Waals surface area contributed by atoms with E-state index in [4.69, 9.17) is 4.74 Å². The number of hydrogen-bond acceptors (Lipinski definition) is 4. The molecule has 0 unspecified atom stereocenters. The highest BCUT2D eigenvalue weighted by Gasteiger charge is 2.05. The van der Waals surface area contributed by atoms with Crippen molar-refractivity contribution in [2.75, 3.05) is 25.6 Å². The van der Waals surface area contributed by atoms with Crippen LogP contribution in [0.2, 0.25) is 0 Å². The van der Waals surface area contributed by atoms with E-state index in [-0.39, 0.29) is 0 Å². The fourth-order valence-electron chi connectivity index (χ4n) is 1.78. The van der Waals surface area contributed by atoms with Crippen LogP contribution >= 0.6 is 11.3 Å². The molecule has 2 aromatic rings. The molecular weight excluding hydrogens is 256 g/mol. The predicted octanol–water partition coefficient (Wildman–Crippen LogP) is 3.99. The summed E-state index contributed by atoms with van der Waals surface area (Å²) < 4.78 is 5.00. The van der Waals surface area contributed by atoms with Gasteiger partial charge in [-0.2, -0.15) is 0 Å². The van der Waals surface area contributed by atoms with Gasteiger partial charge >= 0.3 is 0 Å². The lowest BCUT2D eigenvalue weighted by atomic mass is 10.0. The van der Waals surface area contributed by atoms with Crippen molar-refractivity contribution in [2.45, 2.75) is 19.8 Å². The Morgan fingerprint density at radius 1 is 1.26 bits per heavy atom. The summed E-state index contributed by atoms with van der Waals surface area (Å²) in [6.07, 6.45) is 1.92. The largest absolute Gasteiger partial charge is 0.383 e. The van der Waals surface area contributed by atoms with E-state index in [0.717, 1.165) is 11.7 Å². The Hall–Kier alpha value is -1.39. The van der Waals surface area contributed by atoms with E-state index < -0.39 is 0 Å². The first-order chi connectivity index (χ1) is 9.20. The highest BCUT2D eigenvalue weighted by molar-refractivity contribution is 7.18. The van der Waals surface area contributed by atoms with Gasteiger partial charge in [-0.1, -0.05) is 49.4 Å². The Kier molecular flexibility index (Phi) is 4.93. The standard InChI is InChI=1S/C15H20N2OS/c1-11(2)12-4-6-13(7-5-12)14-10-17-15(19-14)16-8-9-18-3/h4-7,10-11H,8-9H2,1-3H3,(H,16,17). The minimum atomic E-state index is 0.571. The van der Waals surface area contributed by atoms with Gasteiger partial charge in [0.2, 0.25) is 0 Å². The summed E-state index contributed by atoms with van der Waals surface area (Å²) >= 11 is 1.67. The smallest absolute Gasteiger partial charge is 0.183 e. The van der Waals surface area contributed by atoms with Crippen LogP contribution in [0.15, 0.2) is 30.5 Å². The molecule has 0 saturated carbocycles. The lowest BCUT2D eigenvalue weighted by Gasteiger charge is -2.05. The van der Waals surface area contributed by atoms with Gasteiger partial charge in [-0.25, -0.2) is 4.98 Å². The van der Waals surface area contributed by atoms with Crippen LogP contribution in [-0.4, -0.2) is 25.2 Å². The van der Waals surface area contributed by atoms with E-state index in [1.54, 1.807) is 18.4 Å². The molecular formula is C15H20N2OS. The number of methoxy groups -OCH3 is 1. The molecule has 1 aromatic heterocycles. The van der Waals surface area contributed by atoms with E-state index in [9.17, 15) is 0 Å². The number of rotatable bonds is 6. The zero-order chi connectivity index (χ0) is 13.7. The molecule has 0 spiro atoms. The predicted molar refractivity (Wildman–Crippen MR) is 82.0 cm³/mol. The van der Waals surface area contributed by atoms with Gasteiger partial charge in [-0.3, -0.25) is 0 Å². The van der Waals surface area contributed by atoms with E-state index in [0.29, 0.717) is 12.5 Å². The first-order valence-electron chi connectivity index (χ1n) is 6.49. The van der Waals surface area contributed by atoms with Crippen molar-refractivity contribution in [3.8, 4) is 10.4 Å². The van der Waals surface area contributed by atoms with Crippen molar-refractivity contribution in [3.63, 3.8) is 0 Å². The summed E-state index contributed by atoms with van der Waals surface area (Å²) in [7, 11) is 1.70. The molecule has 4 heteroatoms. The SMILES string of the molecule is COCCNc1ncc(-c2ccc(C(C)C)cc2)s1. The van der Waals surface area contributed by atoms with E-state index in [2.05, 4.69) is 48.4 Å². The zero-order valence-electron chi connectivity index (χ0n) is 11.6. The Balaban J connectivity index is 2.05. The van der Waals surface area contributed by atoms with Crippen molar-refractivity contribution in [3.05, 3.63) is 36.0 Å². The van der Waals surface area contributed by atoms with E-state index in [1.807, 2.05) is 6.20 Å². The quantitative estimate of drug-likeness (QED) is 0.810. The molecule has 1 heterocycles. The number of nitrogens with one attached hydrogen (secondary N) is 1. The number of anilines is 1. The number of thiazole rings is 1. The fraction of sp³-hybridized carbons (Fsp3) is 0.400. The lowest BCUT2D eigenvalue weighted by Crippen LogP contribution is -2.06. The molecule has 0 fully saturated rings. The number of benzene rings is 1. The maximum Gasteiger partial charge on any atom is 0.183 e. The van der Waals surface area contributed by atoms with Crippen LogP contribution in [0, 0.1) is 0 Å². The molecule has 1 N–H and O–H groups in total. The molecule has 19 heavy (non-hydrogen) atoms. The first kappa shape index (κ1) is 14.0. The number of nitrogens with zero attached hydrogens (tertiary/aromatic N) is 1. The van der Waals surface area contributed by atoms with Gasteiger partial charge in [0.05, 0.1) is 11.5 Å². The molecule has 0 radical (unpaired) electrons. The maximum absolute atomic E-state index is 5.00. The summed E-state index contributed by atoms with van der Waals surface area (Å²) in [6.45, 7) is 5.90. The molecule has 0 saturated heterocycles. The minimum Gasteiger partial charge on any atom is -0.383 e. The highest BCUT2D eigenvalue weighted by Crippen LogP contribution is 2.29. The van der Waals surface area contributed by atoms with Gasteiger partial charge in [-0.05, 0) is 17.0 Å². The average molecular weight is 276 g/mol. The van der Waals surface area contributed by atoms with Crippen LogP contribution in [0.25, 0.3) is 10.4 Å². The van der Waals surface area contributed by atoms with Gasteiger partial charge in [0.15, 0.2) is 5.13 Å². The molecule has 0 amide bonds. The van der Waals surface area contributed by atoms with Crippen LogP contribution in [0.3, 0.4) is 0 Å². The Morgan fingerprint density at radius 2 is 2.00 bits per heavy atom. The maximum atomic E-state index is 5.00. The summed E-state index contributed by atoms with van der Waals surface area (Å²) in [5.74, 6) is 0.571. The Bertz CT molecular complexity index is 505. The van der Waals surface area contributed by atoms with Crippen LogP contribution < -0.4 is 5.32 Å². The molecule has 102 valence electrons. The normalized spacial score (nSPS) is 10.9. The van der Waals surface area contributed by atoms with Crippen molar-refractivity contribution >= 4 is 16.5 Å². The van der Waals surface area contributed by atoms with Crippen molar-refractivity contribution in [1.82, 2.24) is 4.98 Å². The van der Waals surface area contributed by atoms with Crippen LogP contribution in [-0.2, 0) is 4.74 Å². The molecule has 0 aliphatic carbocycles. The second kappa shape index (κ2) is 6.68. The second-order valence-electron chi connectivity index (χ2n) is 4.73. The molecule has 0 aliphatic rings. The van der Waals surface area contributed by atoms with Gasteiger partial charge in [0, 0.05) is 19.9 Å². The van der Waals surface area contributed by atoms with Gasteiger partial charge < -0.3 is 10.1 Å². The highest BCUT2D eigenvalue weighted by atomic mass is 32.1. The van der Waals surface area contributed by atoms with Gasteiger partial charge in [0.25, 0.3) is 0 Å². The number of ether oxygens (including phenoxy) is 1. The van der Waals surface area contributed by atoms with Crippen molar-refractivity contribution < 1.29 is 4.74 Å². The second-order valence-corrected chi connectivity index (χ2v) is 5.76. The van der Waals surface area contributed by atoms with Crippen molar-refractivity contribution in [2.24, 2.45) is 0 Å². The monoisotopic (exact) mass is 276 g/mol. The van der Waals surface area contributed by atoms with Crippen LogP contribution in [0.1, 0.15) is 25.3 Å². The van der Waals surface area contributed by atoms with Gasteiger partial charge in [-0.15, -0.1) is 0 Å². The molecule has 0 atom stereocenters. The van der Waals surface area contributed by atoms with Crippen LogP contribution in [0.4, 0.5) is 5.13 Å². The third-order valence-corrected chi connectivity index (χ3v) is 3.95. The Labute approximate surface area is 118 Å². The third kappa shape index (κ3) is 3.78. The van der Waals surface area contributed by atoms with E-state index >= 15 is 0 Å². The average Bonchev–Trinajstić information content (AvgIpc) is 2.88. The minimum absolute atomic E-state index is 0.571. The summed E-state index contributed by atoms with van der Waals surface area (Å²) in [5, 5.41) is 4.19. The molecule has 0 aliphatic heterocycles. The molecule has 1 aromatic carbocycles. The first-order valence-corrected chi connectivity index (χ1v) is 7.31. The molecule has 3 nitrogen and oxygen atoms in total. The van der Waals surface area contributed by atoms with E-state index in [1.165, 1.54) is 16.0 Å². The van der Waals surface area contributed by atoms with Crippen molar-refractivity contribution in [1.29, 1.82) is 0 Å². The summed E-state index contributed by atoms with van der Waals surface area (Å²) in [4.78, 5) is 5.56. The molecule has 2 rings (SSSR count). The number of hydrogen-bond donors (Lipinski definition) is 1.